The van der Waals surface area contributed by atoms with Crippen LogP contribution in [0, 0.1) is 22.7 Å². The lowest BCUT2D eigenvalue weighted by atomic mass is 10.0. The number of hydrogen-bond donors (Lipinski definition) is 1. The van der Waals surface area contributed by atoms with Gasteiger partial charge < -0.3 is 5.32 Å². The molecular weight excluding hydrogens is 242 g/mol. The Morgan fingerprint density at radius 1 is 0.950 bits per heavy atom. The van der Waals surface area contributed by atoms with Crippen molar-refractivity contribution >= 4 is 0 Å². The molecule has 0 spiro atoms. The Labute approximate surface area is 125 Å². The Morgan fingerprint density at radius 3 is 1.90 bits per heavy atom. The molecule has 1 aromatic carbocycles. The van der Waals surface area contributed by atoms with Gasteiger partial charge in [0.25, 0.3) is 0 Å². The van der Waals surface area contributed by atoms with Crippen LogP contribution in [0.25, 0.3) is 0 Å². The van der Waals surface area contributed by atoms with Gasteiger partial charge in [-0.15, -0.1) is 0 Å². The van der Waals surface area contributed by atoms with Crippen LogP contribution in [-0.4, -0.2) is 6.54 Å². The Balaban J connectivity index is 1.78. The number of hydrogen-bond acceptors (Lipinski definition) is 1. The molecule has 0 aliphatic heterocycles. The van der Waals surface area contributed by atoms with E-state index in [2.05, 4.69) is 71.1 Å². The molecule has 1 nitrogen and oxygen atoms in total. The zero-order valence-corrected chi connectivity index (χ0v) is 14.1. The third-order valence-corrected chi connectivity index (χ3v) is 5.66. The molecule has 1 aliphatic rings. The van der Waals surface area contributed by atoms with Crippen LogP contribution < -0.4 is 5.32 Å². The van der Waals surface area contributed by atoms with Crippen molar-refractivity contribution in [3.05, 3.63) is 35.4 Å². The van der Waals surface area contributed by atoms with E-state index in [1.165, 1.54) is 17.5 Å². The summed E-state index contributed by atoms with van der Waals surface area (Å²) in [4.78, 5) is 0. The average Bonchev–Trinajstić information content (AvgIpc) is 2.73. The highest BCUT2D eigenvalue weighted by Gasteiger charge is 2.63. The van der Waals surface area contributed by atoms with Crippen molar-refractivity contribution in [2.45, 2.75) is 54.5 Å². The zero-order valence-electron chi connectivity index (χ0n) is 14.1. The number of rotatable bonds is 6. The largest absolute Gasteiger partial charge is 0.312 e. The fourth-order valence-electron chi connectivity index (χ4n) is 3.47. The quantitative estimate of drug-likeness (QED) is 0.795. The van der Waals surface area contributed by atoms with Crippen molar-refractivity contribution in [1.29, 1.82) is 0 Å². The van der Waals surface area contributed by atoms with Gasteiger partial charge in [-0.1, -0.05) is 65.8 Å². The van der Waals surface area contributed by atoms with Crippen LogP contribution >= 0.6 is 0 Å². The van der Waals surface area contributed by atoms with E-state index in [4.69, 9.17) is 0 Å². The highest BCUT2D eigenvalue weighted by atomic mass is 14.9. The van der Waals surface area contributed by atoms with Gasteiger partial charge in [-0.25, -0.2) is 0 Å². The van der Waals surface area contributed by atoms with E-state index in [1.54, 1.807) is 0 Å². The summed E-state index contributed by atoms with van der Waals surface area (Å²) >= 11 is 0. The van der Waals surface area contributed by atoms with Gasteiger partial charge in [0.05, 0.1) is 0 Å². The molecule has 1 fully saturated rings. The Kier molecular flexibility index (Phi) is 4.30. The highest BCUT2D eigenvalue weighted by molar-refractivity contribution is 5.23. The molecule has 0 aromatic heterocycles. The second kappa shape index (κ2) is 5.52. The summed E-state index contributed by atoms with van der Waals surface area (Å²) in [5.41, 5.74) is 3.82. The first-order chi connectivity index (χ1) is 9.25. The maximum absolute atomic E-state index is 3.64. The summed E-state index contributed by atoms with van der Waals surface area (Å²) in [5, 5.41) is 3.64. The Bertz CT molecular complexity index is 425. The minimum absolute atomic E-state index is 0.487. The molecule has 0 bridgehead atoms. The molecule has 1 aliphatic carbocycles. The third kappa shape index (κ3) is 3.09. The first-order valence-electron chi connectivity index (χ1n) is 8.03. The van der Waals surface area contributed by atoms with E-state index in [-0.39, 0.29) is 0 Å². The van der Waals surface area contributed by atoms with Crippen molar-refractivity contribution in [3.63, 3.8) is 0 Å². The molecule has 0 saturated heterocycles. The minimum Gasteiger partial charge on any atom is -0.312 e. The monoisotopic (exact) mass is 273 g/mol. The molecule has 1 heteroatoms. The van der Waals surface area contributed by atoms with Gasteiger partial charge in [-0.3, -0.25) is 0 Å². The molecule has 1 N–H and O–H groups in total. The topological polar surface area (TPSA) is 12.0 Å². The number of benzene rings is 1. The van der Waals surface area contributed by atoms with Crippen LogP contribution in [0.15, 0.2) is 24.3 Å². The van der Waals surface area contributed by atoms with Crippen LogP contribution in [0.2, 0.25) is 0 Å². The van der Waals surface area contributed by atoms with E-state index in [9.17, 15) is 0 Å². The molecule has 0 amide bonds. The van der Waals surface area contributed by atoms with Gasteiger partial charge in [0, 0.05) is 6.54 Å². The molecule has 20 heavy (non-hydrogen) atoms. The van der Waals surface area contributed by atoms with Crippen LogP contribution in [0.1, 0.15) is 52.7 Å². The van der Waals surface area contributed by atoms with E-state index >= 15 is 0 Å². The predicted octanol–water partition coefficient (Wildman–Crippen LogP) is 4.66. The maximum atomic E-state index is 3.64. The lowest BCUT2D eigenvalue weighted by Crippen LogP contribution is -2.18. The summed E-state index contributed by atoms with van der Waals surface area (Å²) in [6, 6.07) is 9.10. The van der Waals surface area contributed by atoms with Crippen molar-refractivity contribution in [1.82, 2.24) is 5.32 Å². The summed E-state index contributed by atoms with van der Waals surface area (Å²) in [6.45, 7) is 16.2. The molecular formula is C19H31N. The number of nitrogens with one attached hydrogen (secondary N) is 1. The second-order valence-electron chi connectivity index (χ2n) is 8.04. The second-order valence-corrected chi connectivity index (χ2v) is 8.04. The van der Waals surface area contributed by atoms with Gasteiger partial charge in [0.2, 0.25) is 0 Å². The fraction of sp³-hybridized carbons (Fsp3) is 0.684. The van der Waals surface area contributed by atoms with Gasteiger partial charge >= 0.3 is 0 Å². The maximum Gasteiger partial charge on any atom is 0.0205 e. The van der Waals surface area contributed by atoms with Crippen LogP contribution in [-0.2, 0) is 13.0 Å². The van der Waals surface area contributed by atoms with E-state index in [0.717, 1.165) is 24.9 Å². The van der Waals surface area contributed by atoms with Gasteiger partial charge in [-0.05, 0) is 46.8 Å². The SMILES string of the molecule is CC(C)Cc1ccc(CNCC2C(C)(C)C2(C)C)cc1. The Morgan fingerprint density at radius 2 is 1.45 bits per heavy atom. The molecule has 0 unspecified atom stereocenters. The molecule has 0 heterocycles. The lowest BCUT2D eigenvalue weighted by molar-refractivity contribution is 0.457. The first kappa shape index (κ1) is 15.6. The molecule has 2 rings (SSSR count). The average molecular weight is 273 g/mol. The molecule has 1 saturated carbocycles. The predicted molar refractivity (Wildman–Crippen MR) is 87.7 cm³/mol. The van der Waals surface area contributed by atoms with E-state index < -0.39 is 0 Å². The molecule has 0 radical (unpaired) electrons. The summed E-state index contributed by atoms with van der Waals surface area (Å²) in [7, 11) is 0. The standard InChI is InChI=1S/C19H31N/c1-14(2)11-15-7-9-16(10-8-15)12-20-13-17-18(3,4)19(17,5)6/h7-10,14,17,20H,11-13H2,1-6H3. The Hall–Kier alpha value is -0.820. The van der Waals surface area contributed by atoms with Gasteiger partial charge in [0.15, 0.2) is 0 Å². The summed E-state index contributed by atoms with van der Waals surface area (Å²) in [6.07, 6.45) is 1.18. The van der Waals surface area contributed by atoms with Crippen LogP contribution in [0.3, 0.4) is 0 Å². The highest BCUT2D eigenvalue weighted by Crippen LogP contribution is 2.67. The fourth-order valence-corrected chi connectivity index (χ4v) is 3.47. The van der Waals surface area contributed by atoms with E-state index in [1.807, 2.05) is 0 Å². The van der Waals surface area contributed by atoms with Crippen molar-refractivity contribution < 1.29 is 0 Å². The molecule has 112 valence electrons. The summed E-state index contributed by atoms with van der Waals surface area (Å²) in [5.74, 6) is 1.54. The van der Waals surface area contributed by atoms with Crippen molar-refractivity contribution in [2.24, 2.45) is 22.7 Å². The third-order valence-electron chi connectivity index (χ3n) is 5.66. The lowest BCUT2D eigenvalue weighted by Gasteiger charge is -2.08. The van der Waals surface area contributed by atoms with Gasteiger partial charge in [-0.2, -0.15) is 0 Å². The molecule has 0 atom stereocenters. The summed E-state index contributed by atoms with van der Waals surface area (Å²) < 4.78 is 0. The minimum atomic E-state index is 0.487. The van der Waals surface area contributed by atoms with Crippen LogP contribution in [0.5, 0.6) is 0 Å². The van der Waals surface area contributed by atoms with Crippen LogP contribution in [0.4, 0.5) is 0 Å². The van der Waals surface area contributed by atoms with Crippen molar-refractivity contribution in [2.75, 3.05) is 6.54 Å². The first-order valence-corrected chi connectivity index (χ1v) is 8.03. The normalized spacial score (nSPS) is 20.4. The zero-order chi connectivity index (χ0) is 15.0. The van der Waals surface area contributed by atoms with Gasteiger partial charge in [0.1, 0.15) is 0 Å². The smallest absolute Gasteiger partial charge is 0.0205 e. The molecule has 1 aromatic rings. The van der Waals surface area contributed by atoms with Crippen molar-refractivity contribution in [3.8, 4) is 0 Å². The van der Waals surface area contributed by atoms with E-state index in [0.29, 0.717) is 10.8 Å².